The molecule has 1 aromatic heterocycles. The molecule has 1 aromatic carbocycles. The first kappa shape index (κ1) is 13.9. The molecule has 0 spiro atoms. The molecule has 100 valence electrons. The molecule has 2 aromatic rings. The lowest BCUT2D eigenvalue weighted by Crippen LogP contribution is -2.23. The predicted molar refractivity (Wildman–Crippen MR) is 70.2 cm³/mol. The molecule has 2 rings (SSSR count). The van der Waals surface area contributed by atoms with Gasteiger partial charge in [0.15, 0.2) is 4.34 Å². The van der Waals surface area contributed by atoms with E-state index in [1.54, 1.807) is 12.4 Å². The summed E-state index contributed by atoms with van der Waals surface area (Å²) in [5.41, 5.74) is 1.11. The van der Waals surface area contributed by atoms with E-state index in [0.717, 1.165) is 12.1 Å². The Hall–Kier alpha value is -1.54. The highest BCUT2D eigenvalue weighted by Crippen LogP contribution is 2.26. The van der Waals surface area contributed by atoms with Crippen LogP contribution in [0.15, 0.2) is 28.0 Å². The van der Waals surface area contributed by atoms with E-state index in [1.807, 2.05) is 0 Å². The van der Waals surface area contributed by atoms with Crippen molar-refractivity contribution in [1.29, 1.82) is 0 Å². The molecular weight excluding hydrogens is 292 g/mol. The Morgan fingerprint density at radius 3 is 2.68 bits per heavy atom. The maximum atomic E-state index is 13.4. The number of aromatic nitrogens is 2. The summed E-state index contributed by atoms with van der Waals surface area (Å²) in [6, 6.07) is 3.40. The number of halogens is 2. The maximum Gasteiger partial charge on any atom is 0.237 e. The minimum atomic E-state index is -0.804. The zero-order valence-corrected chi connectivity index (χ0v) is 11.4. The van der Waals surface area contributed by atoms with Crippen LogP contribution in [-0.2, 0) is 4.79 Å². The third kappa shape index (κ3) is 3.48. The fraction of sp³-hybridized carbons (Fsp3) is 0.182. The molecule has 8 heteroatoms. The number of hydrogen-bond acceptors (Lipinski definition) is 5. The number of carbonyl (C=O) groups is 1. The molecule has 0 aliphatic heterocycles. The summed E-state index contributed by atoms with van der Waals surface area (Å²) in [4.78, 5) is 11.8. The van der Waals surface area contributed by atoms with Crippen LogP contribution in [0.4, 0.5) is 14.5 Å². The van der Waals surface area contributed by atoms with Crippen molar-refractivity contribution in [1.82, 2.24) is 10.2 Å². The van der Waals surface area contributed by atoms with Crippen LogP contribution in [0.2, 0.25) is 0 Å². The van der Waals surface area contributed by atoms with Crippen LogP contribution in [0.5, 0.6) is 0 Å². The lowest BCUT2D eigenvalue weighted by atomic mass is 10.3. The highest BCUT2D eigenvalue weighted by atomic mass is 32.2. The Kier molecular flexibility index (Phi) is 4.43. The molecule has 4 nitrogen and oxygen atoms in total. The molecule has 1 unspecified atom stereocenters. The summed E-state index contributed by atoms with van der Waals surface area (Å²) in [6.07, 6.45) is 0. The molecule has 0 radical (unpaired) electrons. The molecule has 19 heavy (non-hydrogen) atoms. The number of nitrogens with zero attached hydrogens (tertiary/aromatic N) is 2. The highest BCUT2D eigenvalue weighted by molar-refractivity contribution is 8.02. The van der Waals surface area contributed by atoms with Crippen molar-refractivity contribution >= 4 is 34.7 Å². The zero-order chi connectivity index (χ0) is 13.8. The molecule has 0 aliphatic rings. The monoisotopic (exact) mass is 301 g/mol. The van der Waals surface area contributed by atoms with Gasteiger partial charge < -0.3 is 5.32 Å². The third-order valence-corrected chi connectivity index (χ3v) is 4.11. The Labute approximate surface area is 116 Å². The van der Waals surface area contributed by atoms with Crippen molar-refractivity contribution in [2.45, 2.75) is 16.5 Å². The number of hydrogen-bond donors (Lipinski definition) is 1. The summed E-state index contributed by atoms with van der Waals surface area (Å²) in [5.74, 6) is -2.10. The molecule has 1 amide bonds. The molecular formula is C11H9F2N3OS2. The molecule has 1 atom stereocenters. The maximum absolute atomic E-state index is 13.4. The number of carbonyl (C=O) groups excluding carboxylic acids is 1. The van der Waals surface area contributed by atoms with E-state index in [4.69, 9.17) is 0 Å². The second-order valence-corrected chi connectivity index (χ2v) is 5.97. The van der Waals surface area contributed by atoms with Gasteiger partial charge in [-0.3, -0.25) is 4.79 Å². The summed E-state index contributed by atoms with van der Waals surface area (Å²) in [5, 5.41) is 9.13. The first-order chi connectivity index (χ1) is 9.08. The SMILES string of the molecule is CC(Sc1nncs1)C(=O)Nc1c(F)cccc1F. The molecule has 1 heterocycles. The Bertz CT molecular complexity index is 557. The fourth-order valence-electron chi connectivity index (χ4n) is 1.26. The van der Waals surface area contributed by atoms with Crippen molar-refractivity contribution in [2.75, 3.05) is 5.32 Å². The van der Waals surface area contributed by atoms with Crippen LogP contribution in [-0.4, -0.2) is 21.4 Å². The minimum absolute atomic E-state index is 0.433. The summed E-state index contributed by atoms with van der Waals surface area (Å²) >= 11 is 2.47. The standard InChI is InChI=1S/C11H9F2N3OS2/c1-6(19-11-16-14-5-18-11)10(17)15-9-7(12)3-2-4-8(9)13/h2-6H,1H3,(H,15,17). The average Bonchev–Trinajstić information content (AvgIpc) is 2.86. The number of nitrogens with one attached hydrogen (secondary N) is 1. The summed E-state index contributed by atoms with van der Waals surface area (Å²) < 4.78 is 27.4. The average molecular weight is 301 g/mol. The first-order valence-electron chi connectivity index (χ1n) is 5.25. The Balaban J connectivity index is 2.04. The van der Waals surface area contributed by atoms with Gasteiger partial charge in [-0.25, -0.2) is 8.78 Å². The van der Waals surface area contributed by atoms with Crippen molar-refractivity contribution in [3.05, 3.63) is 35.3 Å². The molecule has 0 aliphatic carbocycles. The summed E-state index contributed by atoms with van der Waals surface area (Å²) in [7, 11) is 0. The molecule has 0 bridgehead atoms. The number of amides is 1. The van der Waals surface area contributed by atoms with Gasteiger partial charge in [0.1, 0.15) is 22.8 Å². The van der Waals surface area contributed by atoms with Crippen LogP contribution in [0.1, 0.15) is 6.92 Å². The molecule has 0 fully saturated rings. The lowest BCUT2D eigenvalue weighted by molar-refractivity contribution is -0.115. The molecule has 0 saturated heterocycles. The van der Waals surface area contributed by atoms with Crippen LogP contribution < -0.4 is 5.32 Å². The van der Waals surface area contributed by atoms with Gasteiger partial charge in [0, 0.05) is 0 Å². The minimum Gasteiger partial charge on any atom is -0.320 e. The van der Waals surface area contributed by atoms with E-state index in [0.29, 0.717) is 4.34 Å². The molecule has 1 N–H and O–H groups in total. The topological polar surface area (TPSA) is 54.9 Å². The second kappa shape index (κ2) is 6.07. The highest BCUT2D eigenvalue weighted by Gasteiger charge is 2.19. The predicted octanol–water partition coefficient (Wildman–Crippen LogP) is 2.94. The van der Waals surface area contributed by atoms with Crippen LogP contribution >= 0.6 is 23.1 Å². The fourth-order valence-corrected chi connectivity index (χ4v) is 2.89. The van der Waals surface area contributed by atoms with E-state index < -0.39 is 28.5 Å². The van der Waals surface area contributed by atoms with Gasteiger partial charge in [0.25, 0.3) is 0 Å². The first-order valence-corrected chi connectivity index (χ1v) is 7.01. The third-order valence-electron chi connectivity index (χ3n) is 2.20. The van der Waals surface area contributed by atoms with Crippen molar-refractivity contribution < 1.29 is 13.6 Å². The van der Waals surface area contributed by atoms with E-state index >= 15 is 0 Å². The van der Waals surface area contributed by atoms with Gasteiger partial charge in [0.2, 0.25) is 5.91 Å². The van der Waals surface area contributed by atoms with Gasteiger partial charge >= 0.3 is 0 Å². The van der Waals surface area contributed by atoms with Gasteiger partial charge in [-0.15, -0.1) is 10.2 Å². The van der Waals surface area contributed by atoms with Crippen LogP contribution in [0, 0.1) is 11.6 Å². The Morgan fingerprint density at radius 2 is 2.11 bits per heavy atom. The van der Waals surface area contributed by atoms with E-state index in [1.165, 1.54) is 29.2 Å². The normalized spacial score (nSPS) is 12.2. The largest absolute Gasteiger partial charge is 0.320 e. The van der Waals surface area contributed by atoms with Gasteiger partial charge in [-0.05, 0) is 19.1 Å². The van der Waals surface area contributed by atoms with Crippen LogP contribution in [0.25, 0.3) is 0 Å². The van der Waals surface area contributed by atoms with Gasteiger partial charge in [-0.1, -0.05) is 29.2 Å². The van der Waals surface area contributed by atoms with Crippen molar-refractivity contribution in [2.24, 2.45) is 0 Å². The lowest BCUT2D eigenvalue weighted by Gasteiger charge is -2.11. The zero-order valence-electron chi connectivity index (χ0n) is 9.76. The van der Waals surface area contributed by atoms with E-state index in [2.05, 4.69) is 15.5 Å². The van der Waals surface area contributed by atoms with E-state index in [-0.39, 0.29) is 0 Å². The second-order valence-electron chi connectivity index (χ2n) is 3.55. The van der Waals surface area contributed by atoms with E-state index in [9.17, 15) is 13.6 Å². The summed E-state index contributed by atoms with van der Waals surface area (Å²) in [6.45, 7) is 1.63. The van der Waals surface area contributed by atoms with Crippen molar-refractivity contribution in [3.8, 4) is 0 Å². The van der Waals surface area contributed by atoms with Crippen molar-refractivity contribution in [3.63, 3.8) is 0 Å². The van der Waals surface area contributed by atoms with Gasteiger partial charge in [0.05, 0.1) is 5.25 Å². The number of anilines is 1. The number of rotatable bonds is 4. The Morgan fingerprint density at radius 1 is 1.42 bits per heavy atom. The number of thioether (sulfide) groups is 1. The van der Waals surface area contributed by atoms with Gasteiger partial charge in [-0.2, -0.15) is 0 Å². The van der Waals surface area contributed by atoms with Crippen LogP contribution in [0.3, 0.4) is 0 Å². The smallest absolute Gasteiger partial charge is 0.237 e. The number of para-hydroxylation sites is 1. The molecule has 0 saturated carbocycles. The number of benzene rings is 1. The quantitative estimate of drug-likeness (QED) is 0.882.